The monoisotopic (exact) mass is 336 g/mol. The molecule has 0 amide bonds. The van der Waals surface area contributed by atoms with Gasteiger partial charge in [0.25, 0.3) is 0 Å². The number of hydrogen-bond acceptors (Lipinski definition) is 5. The average molecular weight is 337 g/mol. The summed E-state index contributed by atoms with van der Waals surface area (Å²) in [5.41, 5.74) is 5.93. The fraction of sp³-hybridized carbons (Fsp3) is 0.273. The van der Waals surface area contributed by atoms with Crippen molar-refractivity contribution in [1.29, 1.82) is 0 Å². The molecule has 0 aliphatic heterocycles. The third-order valence-electron chi connectivity index (χ3n) is 2.50. The number of anilines is 1. The molecule has 0 saturated heterocycles. The lowest BCUT2D eigenvalue weighted by atomic mass is 10.2. The fourth-order valence-corrected chi connectivity index (χ4v) is 2.70. The van der Waals surface area contributed by atoms with Crippen molar-refractivity contribution in [2.45, 2.75) is 12.2 Å². The maximum Gasteiger partial charge on any atom is 0.325 e. The number of thiocarbonyl (C=S) groups is 1. The van der Waals surface area contributed by atoms with Gasteiger partial charge in [-0.25, -0.2) is 8.42 Å². The highest BCUT2D eigenvalue weighted by Gasteiger charge is 2.29. The second-order valence-electron chi connectivity index (χ2n) is 3.87. The lowest BCUT2D eigenvalue weighted by molar-refractivity contribution is -0.139. The number of nitrogens with one attached hydrogen (secondary N) is 1. The van der Waals surface area contributed by atoms with E-state index in [9.17, 15) is 13.2 Å². The summed E-state index contributed by atoms with van der Waals surface area (Å²) in [5, 5.41) is -1.08. The minimum Gasteiger partial charge on any atom is -0.468 e. The van der Waals surface area contributed by atoms with E-state index in [1.807, 2.05) is 0 Å². The fourth-order valence-electron chi connectivity index (χ4n) is 1.35. The molecular weight excluding hydrogens is 324 g/mol. The van der Waals surface area contributed by atoms with Crippen LogP contribution in [0.5, 0.6) is 0 Å². The van der Waals surface area contributed by atoms with E-state index in [0.29, 0.717) is 10.6 Å². The summed E-state index contributed by atoms with van der Waals surface area (Å²) in [7, 11) is -2.89. The standard InChI is InChI=1S/C11H13ClN2O4S2/c1-6(11(15)18-2)20(16,17)14-9-5-7(12)3-4-8(9)10(13)19/h3-6,14H,1-2H3,(H2,13,19). The van der Waals surface area contributed by atoms with E-state index >= 15 is 0 Å². The van der Waals surface area contributed by atoms with Gasteiger partial charge in [-0.2, -0.15) is 0 Å². The van der Waals surface area contributed by atoms with Crippen molar-refractivity contribution < 1.29 is 17.9 Å². The van der Waals surface area contributed by atoms with Crippen molar-refractivity contribution in [1.82, 2.24) is 0 Å². The van der Waals surface area contributed by atoms with Crippen LogP contribution in [0.25, 0.3) is 0 Å². The molecule has 110 valence electrons. The van der Waals surface area contributed by atoms with Gasteiger partial charge in [0.2, 0.25) is 10.0 Å². The normalized spacial score (nSPS) is 12.6. The Morgan fingerprint density at radius 1 is 1.50 bits per heavy atom. The third-order valence-corrected chi connectivity index (χ3v) is 4.58. The van der Waals surface area contributed by atoms with Gasteiger partial charge < -0.3 is 10.5 Å². The Hall–Kier alpha value is -1.38. The van der Waals surface area contributed by atoms with Crippen LogP contribution in [-0.2, 0) is 19.6 Å². The van der Waals surface area contributed by atoms with Crippen LogP contribution < -0.4 is 10.5 Å². The first-order valence-corrected chi connectivity index (χ1v) is 7.71. The summed E-state index contributed by atoms with van der Waals surface area (Å²) >= 11 is 10.6. The zero-order valence-electron chi connectivity index (χ0n) is 10.7. The van der Waals surface area contributed by atoms with Gasteiger partial charge in [-0.05, 0) is 25.1 Å². The summed E-state index contributed by atoms with van der Waals surface area (Å²) in [4.78, 5) is 11.3. The number of halogens is 1. The second kappa shape index (κ2) is 6.38. The van der Waals surface area contributed by atoms with Gasteiger partial charge in [-0.3, -0.25) is 9.52 Å². The summed E-state index contributed by atoms with van der Waals surface area (Å²) in [6.45, 7) is 1.21. The predicted molar refractivity (Wildman–Crippen MR) is 81.4 cm³/mol. The van der Waals surface area contributed by atoms with Crippen LogP contribution in [0.3, 0.4) is 0 Å². The predicted octanol–water partition coefficient (Wildman–Crippen LogP) is 1.28. The molecular formula is C11H13ClN2O4S2. The first-order chi connectivity index (χ1) is 9.19. The highest BCUT2D eigenvalue weighted by Crippen LogP contribution is 2.23. The van der Waals surface area contributed by atoms with Crippen molar-refractivity contribution >= 4 is 50.5 Å². The van der Waals surface area contributed by atoms with Crippen molar-refractivity contribution in [3.63, 3.8) is 0 Å². The first kappa shape index (κ1) is 16.7. The molecule has 0 saturated carbocycles. The number of rotatable bonds is 5. The molecule has 0 fully saturated rings. The molecule has 1 rings (SSSR count). The molecule has 1 aromatic rings. The number of nitrogens with two attached hydrogens (primary N) is 1. The summed E-state index contributed by atoms with van der Waals surface area (Å²) in [6.07, 6.45) is 0. The molecule has 1 aromatic carbocycles. The van der Waals surface area contributed by atoms with E-state index in [1.54, 1.807) is 0 Å². The topological polar surface area (TPSA) is 98.5 Å². The maximum absolute atomic E-state index is 12.0. The van der Waals surface area contributed by atoms with Gasteiger partial charge >= 0.3 is 5.97 Å². The van der Waals surface area contributed by atoms with Crippen molar-refractivity contribution in [2.24, 2.45) is 5.73 Å². The van der Waals surface area contributed by atoms with E-state index in [1.165, 1.54) is 25.1 Å². The molecule has 0 heterocycles. The van der Waals surface area contributed by atoms with Crippen LogP contribution in [0.1, 0.15) is 12.5 Å². The zero-order valence-corrected chi connectivity index (χ0v) is 13.1. The Labute approximate surface area is 127 Å². The quantitative estimate of drug-likeness (QED) is 0.620. The minimum atomic E-state index is -4.00. The van der Waals surface area contributed by atoms with E-state index in [2.05, 4.69) is 9.46 Å². The van der Waals surface area contributed by atoms with Gasteiger partial charge in [0.15, 0.2) is 5.25 Å². The summed E-state index contributed by atoms with van der Waals surface area (Å²) < 4.78 is 30.7. The van der Waals surface area contributed by atoms with E-state index in [-0.39, 0.29) is 10.7 Å². The molecule has 6 nitrogen and oxygen atoms in total. The van der Waals surface area contributed by atoms with Crippen molar-refractivity contribution in [3.8, 4) is 0 Å². The average Bonchev–Trinajstić information content (AvgIpc) is 2.36. The number of methoxy groups -OCH3 is 1. The molecule has 3 N–H and O–H groups in total. The molecule has 1 unspecified atom stereocenters. The van der Waals surface area contributed by atoms with Gasteiger partial charge in [0.1, 0.15) is 4.99 Å². The largest absolute Gasteiger partial charge is 0.468 e. The van der Waals surface area contributed by atoms with Crippen LogP contribution in [0.4, 0.5) is 5.69 Å². The second-order valence-corrected chi connectivity index (χ2v) is 6.74. The van der Waals surface area contributed by atoms with E-state index in [4.69, 9.17) is 29.6 Å². The Bertz CT molecular complexity index is 646. The van der Waals surface area contributed by atoms with Crippen LogP contribution >= 0.6 is 23.8 Å². The highest BCUT2D eigenvalue weighted by atomic mass is 35.5. The van der Waals surface area contributed by atoms with E-state index < -0.39 is 21.2 Å². The molecule has 0 radical (unpaired) electrons. The molecule has 1 atom stereocenters. The van der Waals surface area contributed by atoms with Crippen LogP contribution in [0.15, 0.2) is 18.2 Å². The first-order valence-electron chi connectivity index (χ1n) is 5.38. The molecule has 0 aromatic heterocycles. The third kappa shape index (κ3) is 3.81. The van der Waals surface area contributed by atoms with E-state index in [0.717, 1.165) is 7.11 Å². The Kier molecular flexibility index (Phi) is 5.32. The molecule has 0 aliphatic carbocycles. The Morgan fingerprint density at radius 3 is 2.60 bits per heavy atom. The van der Waals surface area contributed by atoms with Crippen molar-refractivity contribution in [3.05, 3.63) is 28.8 Å². The number of carbonyl (C=O) groups is 1. The Balaban J connectivity index is 3.18. The minimum absolute atomic E-state index is 0.00471. The molecule has 9 heteroatoms. The smallest absolute Gasteiger partial charge is 0.325 e. The number of benzene rings is 1. The molecule has 0 aliphatic rings. The summed E-state index contributed by atoms with van der Waals surface area (Å²) in [6, 6.07) is 4.38. The number of carbonyl (C=O) groups excluding carboxylic acids is 1. The van der Waals surface area contributed by atoms with Gasteiger partial charge in [0.05, 0.1) is 12.8 Å². The molecule has 20 heavy (non-hydrogen) atoms. The van der Waals surface area contributed by atoms with Gasteiger partial charge in [-0.15, -0.1) is 0 Å². The SMILES string of the molecule is COC(=O)C(C)S(=O)(=O)Nc1cc(Cl)ccc1C(N)=S. The maximum atomic E-state index is 12.0. The highest BCUT2D eigenvalue weighted by molar-refractivity contribution is 7.94. The van der Waals surface area contributed by atoms with Gasteiger partial charge in [0, 0.05) is 10.6 Å². The molecule has 0 spiro atoms. The van der Waals surface area contributed by atoms with Crippen molar-refractivity contribution in [2.75, 3.05) is 11.8 Å². The summed E-state index contributed by atoms with van der Waals surface area (Å²) in [5.74, 6) is -0.878. The van der Waals surface area contributed by atoms with Gasteiger partial charge in [-0.1, -0.05) is 23.8 Å². The number of sulfonamides is 1. The zero-order chi connectivity index (χ0) is 15.5. The number of hydrogen-bond donors (Lipinski definition) is 2. The van der Waals surface area contributed by atoms with Crippen LogP contribution in [0.2, 0.25) is 5.02 Å². The lowest BCUT2D eigenvalue weighted by Gasteiger charge is -2.15. The number of esters is 1. The Morgan fingerprint density at radius 2 is 2.10 bits per heavy atom. The lowest BCUT2D eigenvalue weighted by Crippen LogP contribution is -2.33. The van der Waals surface area contributed by atoms with Crippen LogP contribution in [0, 0.1) is 0 Å². The van der Waals surface area contributed by atoms with Crippen LogP contribution in [-0.4, -0.2) is 31.7 Å². The number of ether oxygens (including phenoxy) is 1. The molecule has 0 bridgehead atoms.